The van der Waals surface area contributed by atoms with Crippen molar-refractivity contribution >= 4 is 10.9 Å². The van der Waals surface area contributed by atoms with E-state index in [1.165, 1.54) is 5.69 Å². The number of fused-ring (bicyclic) bond motifs is 1. The largest absolute Gasteiger partial charge is 0.358 e. The van der Waals surface area contributed by atoms with Crippen molar-refractivity contribution in [3.63, 3.8) is 0 Å². The van der Waals surface area contributed by atoms with Gasteiger partial charge in [0.2, 0.25) is 0 Å². The van der Waals surface area contributed by atoms with E-state index in [4.69, 9.17) is 0 Å². The number of hydrogen-bond donors (Lipinski definition) is 3. The lowest BCUT2D eigenvalue weighted by molar-refractivity contribution is 0.455. The number of aromatic amines is 2. The van der Waals surface area contributed by atoms with Crippen LogP contribution in [-0.2, 0) is 0 Å². The van der Waals surface area contributed by atoms with Crippen LogP contribution in [0, 0.1) is 0 Å². The van der Waals surface area contributed by atoms with Crippen molar-refractivity contribution in [1.82, 2.24) is 15.3 Å². The SMILES string of the molecule is O=c1[nH]ccc2[nH]c(C3CCNCC3)cc12. The molecule has 0 unspecified atom stereocenters. The summed E-state index contributed by atoms with van der Waals surface area (Å²) in [5.74, 6) is 0.563. The molecule has 0 atom stereocenters. The zero-order valence-corrected chi connectivity index (χ0v) is 9.05. The second-order valence-corrected chi connectivity index (χ2v) is 4.38. The molecule has 3 rings (SSSR count). The Morgan fingerprint density at radius 2 is 2.06 bits per heavy atom. The molecule has 3 heterocycles. The lowest BCUT2D eigenvalue weighted by Crippen LogP contribution is -2.26. The first-order valence-corrected chi connectivity index (χ1v) is 5.75. The van der Waals surface area contributed by atoms with Crippen LogP contribution in [0.2, 0.25) is 0 Å². The topological polar surface area (TPSA) is 60.7 Å². The van der Waals surface area contributed by atoms with Crippen molar-refractivity contribution in [3.05, 3.63) is 34.4 Å². The fourth-order valence-corrected chi connectivity index (χ4v) is 2.44. The van der Waals surface area contributed by atoms with E-state index in [1.807, 2.05) is 12.1 Å². The zero-order valence-electron chi connectivity index (χ0n) is 9.05. The quantitative estimate of drug-likeness (QED) is 0.674. The molecular weight excluding hydrogens is 202 g/mol. The standard InChI is InChI=1S/C12H15N3O/c16-12-9-7-11(8-1-4-13-5-2-8)15-10(9)3-6-14-12/h3,6-8,13,15H,1-2,4-5H2,(H,14,16). The monoisotopic (exact) mass is 217 g/mol. The van der Waals surface area contributed by atoms with Gasteiger partial charge in [-0.3, -0.25) is 4.79 Å². The van der Waals surface area contributed by atoms with Crippen LogP contribution >= 0.6 is 0 Å². The third kappa shape index (κ3) is 1.55. The van der Waals surface area contributed by atoms with Crippen LogP contribution in [0.5, 0.6) is 0 Å². The van der Waals surface area contributed by atoms with Crippen LogP contribution in [0.3, 0.4) is 0 Å². The smallest absolute Gasteiger partial charge is 0.257 e. The van der Waals surface area contributed by atoms with Crippen molar-refractivity contribution in [2.45, 2.75) is 18.8 Å². The van der Waals surface area contributed by atoms with Crippen LogP contribution < -0.4 is 10.9 Å². The van der Waals surface area contributed by atoms with Gasteiger partial charge < -0.3 is 15.3 Å². The third-order valence-corrected chi connectivity index (χ3v) is 3.36. The highest BCUT2D eigenvalue weighted by atomic mass is 16.1. The van der Waals surface area contributed by atoms with Crippen molar-refractivity contribution < 1.29 is 0 Å². The molecule has 4 nitrogen and oxygen atoms in total. The average molecular weight is 217 g/mol. The number of piperidine rings is 1. The number of hydrogen-bond acceptors (Lipinski definition) is 2. The first-order chi connectivity index (χ1) is 7.84. The van der Waals surface area contributed by atoms with Gasteiger partial charge in [0.05, 0.1) is 10.9 Å². The molecule has 4 heteroatoms. The van der Waals surface area contributed by atoms with Crippen LogP contribution in [0.4, 0.5) is 0 Å². The Morgan fingerprint density at radius 3 is 2.81 bits per heavy atom. The van der Waals surface area contributed by atoms with E-state index in [0.29, 0.717) is 5.92 Å². The van der Waals surface area contributed by atoms with Gasteiger partial charge in [-0.05, 0) is 38.1 Å². The van der Waals surface area contributed by atoms with Gasteiger partial charge in [-0.2, -0.15) is 0 Å². The van der Waals surface area contributed by atoms with Crippen molar-refractivity contribution in [2.24, 2.45) is 0 Å². The summed E-state index contributed by atoms with van der Waals surface area (Å²) in [7, 11) is 0. The van der Waals surface area contributed by atoms with E-state index in [-0.39, 0.29) is 5.56 Å². The highest BCUT2D eigenvalue weighted by molar-refractivity contribution is 5.79. The second-order valence-electron chi connectivity index (χ2n) is 4.38. The van der Waals surface area contributed by atoms with Gasteiger partial charge in [0.25, 0.3) is 5.56 Å². The Balaban J connectivity index is 2.04. The average Bonchev–Trinajstić information content (AvgIpc) is 2.76. The molecule has 0 saturated carbocycles. The predicted molar refractivity (Wildman–Crippen MR) is 63.8 cm³/mol. The Labute approximate surface area is 93.1 Å². The molecule has 0 aliphatic carbocycles. The molecule has 1 saturated heterocycles. The lowest BCUT2D eigenvalue weighted by Gasteiger charge is -2.21. The molecule has 0 radical (unpaired) electrons. The Kier molecular flexibility index (Phi) is 2.29. The number of H-pyrrole nitrogens is 2. The normalized spacial score (nSPS) is 18.0. The van der Waals surface area contributed by atoms with E-state index in [2.05, 4.69) is 15.3 Å². The number of pyridine rings is 1. The summed E-state index contributed by atoms with van der Waals surface area (Å²) in [5.41, 5.74) is 2.14. The van der Waals surface area contributed by atoms with E-state index in [1.54, 1.807) is 6.20 Å². The molecular formula is C12H15N3O. The second kappa shape index (κ2) is 3.79. The van der Waals surface area contributed by atoms with Crippen LogP contribution in [-0.4, -0.2) is 23.1 Å². The van der Waals surface area contributed by atoms with Gasteiger partial charge in [-0.25, -0.2) is 0 Å². The third-order valence-electron chi connectivity index (χ3n) is 3.36. The summed E-state index contributed by atoms with van der Waals surface area (Å²) in [4.78, 5) is 17.6. The molecule has 0 bridgehead atoms. The Bertz CT molecular complexity index is 549. The molecule has 0 amide bonds. The van der Waals surface area contributed by atoms with E-state index in [9.17, 15) is 4.79 Å². The molecule has 3 N–H and O–H groups in total. The highest BCUT2D eigenvalue weighted by Gasteiger charge is 2.17. The molecule has 84 valence electrons. The first-order valence-electron chi connectivity index (χ1n) is 5.75. The van der Waals surface area contributed by atoms with Gasteiger partial charge in [-0.15, -0.1) is 0 Å². The number of nitrogens with one attached hydrogen (secondary N) is 3. The highest BCUT2D eigenvalue weighted by Crippen LogP contribution is 2.26. The molecule has 0 aromatic carbocycles. The summed E-state index contributed by atoms with van der Waals surface area (Å²) in [6.45, 7) is 2.13. The molecule has 2 aromatic heterocycles. The fourth-order valence-electron chi connectivity index (χ4n) is 2.44. The maximum Gasteiger partial charge on any atom is 0.257 e. The molecule has 1 aliphatic rings. The number of aromatic nitrogens is 2. The van der Waals surface area contributed by atoms with Gasteiger partial charge in [0.1, 0.15) is 0 Å². The minimum Gasteiger partial charge on any atom is -0.358 e. The summed E-state index contributed by atoms with van der Waals surface area (Å²) < 4.78 is 0. The van der Waals surface area contributed by atoms with Crippen molar-refractivity contribution in [1.29, 1.82) is 0 Å². The van der Waals surface area contributed by atoms with E-state index in [0.717, 1.165) is 36.8 Å². The van der Waals surface area contributed by atoms with Crippen molar-refractivity contribution in [3.8, 4) is 0 Å². The van der Waals surface area contributed by atoms with E-state index >= 15 is 0 Å². The predicted octanol–water partition coefficient (Wildman–Crippen LogP) is 1.32. The minimum atomic E-state index is -0.00562. The fraction of sp³-hybridized carbons (Fsp3) is 0.417. The maximum absolute atomic E-state index is 11.6. The molecule has 2 aromatic rings. The maximum atomic E-state index is 11.6. The lowest BCUT2D eigenvalue weighted by atomic mass is 9.95. The molecule has 1 aliphatic heterocycles. The zero-order chi connectivity index (χ0) is 11.0. The van der Waals surface area contributed by atoms with Gasteiger partial charge in [0.15, 0.2) is 0 Å². The summed E-state index contributed by atoms with van der Waals surface area (Å²) in [5, 5.41) is 4.12. The van der Waals surface area contributed by atoms with Gasteiger partial charge in [0, 0.05) is 17.8 Å². The molecule has 1 fully saturated rings. The first kappa shape index (κ1) is 9.66. The van der Waals surface area contributed by atoms with Crippen LogP contribution in [0.1, 0.15) is 24.5 Å². The van der Waals surface area contributed by atoms with Crippen LogP contribution in [0.15, 0.2) is 23.1 Å². The Hall–Kier alpha value is -1.55. The summed E-state index contributed by atoms with van der Waals surface area (Å²) in [6, 6.07) is 3.92. The number of rotatable bonds is 1. The molecule has 16 heavy (non-hydrogen) atoms. The molecule has 0 spiro atoms. The Morgan fingerprint density at radius 1 is 1.25 bits per heavy atom. The summed E-state index contributed by atoms with van der Waals surface area (Å²) in [6.07, 6.45) is 3.98. The van der Waals surface area contributed by atoms with Gasteiger partial charge >= 0.3 is 0 Å². The minimum absolute atomic E-state index is 0.00562. The van der Waals surface area contributed by atoms with Gasteiger partial charge in [-0.1, -0.05) is 0 Å². The van der Waals surface area contributed by atoms with E-state index < -0.39 is 0 Å². The summed E-state index contributed by atoms with van der Waals surface area (Å²) >= 11 is 0. The van der Waals surface area contributed by atoms with Crippen molar-refractivity contribution in [2.75, 3.05) is 13.1 Å². The van der Waals surface area contributed by atoms with Crippen LogP contribution in [0.25, 0.3) is 10.9 Å².